The second-order valence-electron chi connectivity index (χ2n) is 4.02. The van der Waals surface area contributed by atoms with Crippen molar-refractivity contribution in [3.05, 3.63) is 0 Å². The Labute approximate surface area is 106 Å². The Bertz CT molecular complexity index is 265. The minimum Gasteiger partial charge on any atom is -0.469 e. The first-order valence-corrected chi connectivity index (χ1v) is 6.98. The molecule has 0 aromatic rings. The van der Waals surface area contributed by atoms with Crippen molar-refractivity contribution in [1.29, 1.82) is 0 Å². The molecule has 5 nitrogen and oxygen atoms in total. The van der Waals surface area contributed by atoms with Crippen LogP contribution in [0.4, 0.5) is 0 Å². The van der Waals surface area contributed by atoms with E-state index in [0.717, 1.165) is 5.75 Å². The zero-order valence-electron chi connectivity index (χ0n) is 10.2. The number of ether oxygens (including phenoxy) is 1. The Kier molecular flexibility index (Phi) is 6.36. The quantitative estimate of drug-likeness (QED) is 0.560. The fourth-order valence-electron chi connectivity index (χ4n) is 1.87. The summed E-state index contributed by atoms with van der Waals surface area (Å²) >= 11 is 1.56. The van der Waals surface area contributed by atoms with Gasteiger partial charge in [0, 0.05) is 25.4 Å². The third-order valence-electron chi connectivity index (χ3n) is 2.87. The molecule has 0 bridgehead atoms. The average molecular weight is 260 g/mol. The van der Waals surface area contributed by atoms with E-state index in [9.17, 15) is 9.59 Å². The number of rotatable bonds is 5. The highest BCUT2D eigenvalue weighted by molar-refractivity contribution is 7.99. The Morgan fingerprint density at radius 3 is 2.59 bits per heavy atom. The molecule has 1 heterocycles. The highest BCUT2D eigenvalue weighted by Crippen LogP contribution is 2.19. The summed E-state index contributed by atoms with van der Waals surface area (Å²) in [6, 6.07) is 0. The molecule has 1 fully saturated rings. The second kappa shape index (κ2) is 7.55. The van der Waals surface area contributed by atoms with Gasteiger partial charge in [0.05, 0.1) is 18.8 Å². The molecule has 17 heavy (non-hydrogen) atoms. The van der Waals surface area contributed by atoms with Crippen LogP contribution in [0.25, 0.3) is 0 Å². The maximum atomic E-state index is 11.8. The molecule has 6 heteroatoms. The Morgan fingerprint density at radius 2 is 2.06 bits per heavy atom. The smallest absolute Gasteiger partial charge is 0.308 e. The first-order chi connectivity index (χ1) is 8.19. The van der Waals surface area contributed by atoms with Crippen LogP contribution >= 0.6 is 11.8 Å². The van der Waals surface area contributed by atoms with E-state index in [1.807, 2.05) is 4.90 Å². The van der Waals surface area contributed by atoms with Crippen molar-refractivity contribution in [1.82, 2.24) is 4.90 Å². The minimum atomic E-state index is -0.158. The molecule has 1 saturated heterocycles. The van der Waals surface area contributed by atoms with Gasteiger partial charge in [-0.15, -0.1) is 0 Å². The van der Waals surface area contributed by atoms with E-state index in [4.69, 9.17) is 10.5 Å². The summed E-state index contributed by atoms with van der Waals surface area (Å²) < 4.78 is 4.70. The summed E-state index contributed by atoms with van der Waals surface area (Å²) in [5.41, 5.74) is 5.36. The van der Waals surface area contributed by atoms with Crippen molar-refractivity contribution in [2.24, 2.45) is 11.7 Å². The molecular weight excluding hydrogens is 240 g/mol. The number of nitrogens with two attached hydrogens (primary N) is 1. The van der Waals surface area contributed by atoms with Crippen LogP contribution in [0.15, 0.2) is 0 Å². The number of carbonyl (C=O) groups is 2. The number of esters is 1. The average Bonchev–Trinajstić information content (AvgIpc) is 2.38. The molecule has 0 saturated carbocycles. The van der Waals surface area contributed by atoms with Crippen LogP contribution in [0, 0.1) is 5.92 Å². The molecule has 0 unspecified atom stereocenters. The van der Waals surface area contributed by atoms with E-state index in [1.165, 1.54) is 7.11 Å². The zero-order valence-corrected chi connectivity index (χ0v) is 11.0. The number of amides is 1. The summed E-state index contributed by atoms with van der Waals surface area (Å²) in [7, 11) is 1.41. The molecule has 0 spiro atoms. The molecule has 0 aliphatic carbocycles. The maximum absolute atomic E-state index is 11.8. The minimum absolute atomic E-state index is 0.0410. The number of hydrogen-bond acceptors (Lipinski definition) is 5. The number of nitrogens with zero attached hydrogens (tertiary/aromatic N) is 1. The van der Waals surface area contributed by atoms with Gasteiger partial charge >= 0.3 is 5.97 Å². The third kappa shape index (κ3) is 4.55. The SMILES string of the molecule is COC(=O)C1CCN(C(=O)CSCCN)CC1. The number of thioether (sulfide) groups is 1. The molecule has 0 aromatic heterocycles. The van der Waals surface area contributed by atoms with Crippen molar-refractivity contribution >= 4 is 23.6 Å². The zero-order chi connectivity index (χ0) is 12.7. The molecule has 98 valence electrons. The molecule has 0 radical (unpaired) electrons. The predicted molar refractivity (Wildman–Crippen MR) is 67.7 cm³/mol. The number of carbonyl (C=O) groups excluding carboxylic acids is 2. The first kappa shape index (κ1) is 14.3. The monoisotopic (exact) mass is 260 g/mol. The lowest BCUT2D eigenvalue weighted by Gasteiger charge is -2.30. The van der Waals surface area contributed by atoms with Gasteiger partial charge in [-0.3, -0.25) is 9.59 Å². The lowest BCUT2D eigenvalue weighted by atomic mass is 9.97. The van der Waals surface area contributed by atoms with Gasteiger partial charge in [-0.1, -0.05) is 0 Å². The van der Waals surface area contributed by atoms with Gasteiger partial charge in [0.15, 0.2) is 0 Å². The van der Waals surface area contributed by atoms with Crippen LogP contribution in [0.1, 0.15) is 12.8 Å². The van der Waals surface area contributed by atoms with E-state index in [0.29, 0.717) is 38.2 Å². The Balaban J connectivity index is 2.26. The van der Waals surface area contributed by atoms with Crippen LogP contribution in [0.3, 0.4) is 0 Å². The normalized spacial score (nSPS) is 16.9. The van der Waals surface area contributed by atoms with Crippen LogP contribution < -0.4 is 5.73 Å². The van der Waals surface area contributed by atoms with Crippen LogP contribution in [0.5, 0.6) is 0 Å². The lowest BCUT2D eigenvalue weighted by Crippen LogP contribution is -2.41. The predicted octanol–water partition coefficient (Wildman–Crippen LogP) is 0.0899. The third-order valence-corrected chi connectivity index (χ3v) is 3.85. The molecular formula is C11H20N2O3S. The lowest BCUT2D eigenvalue weighted by molar-refractivity contribution is -0.148. The number of piperidine rings is 1. The Hall–Kier alpha value is -0.750. The van der Waals surface area contributed by atoms with Crippen molar-refractivity contribution in [3.8, 4) is 0 Å². The fourth-order valence-corrected chi connectivity index (χ4v) is 2.53. The molecule has 1 aliphatic rings. The summed E-state index contributed by atoms with van der Waals surface area (Å²) in [6.45, 7) is 1.91. The first-order valence-electron chi connectivity index (χ1n) is 5.82. The standard InChI is InChI=1S/C11H20N2O3S/c1-16-11(15)9-2-5-13(6-3-9)10(14)8-17-7-4-12/h9H,2-8,12H2,1H3. The summed E-state index contributed by atoms with van der Waals surface area (Å²) in [4.78, 5) is 24.9. The fraction of sp³-hybridized carbons (Fsp3) is 0.818. The highest BCUT2D eigenvalue weighted by atomic mass is 32.2. The number of methoxy groups -OCH3 is 1. The molecule has 1 rings (SSSR count). The van der Waals surface area contributed by atoms with E-state index >= 15 is 0 Å². The molecule has 0 aromatic carbocycles. The van der Waals surface area contributed by atoms with E-state index in [-0.39, 0.29) is 17.8 Å². The summed E-state index contributed by atoms with van der Waals surface area (Å²) in [5, 5.41) is 0. The highest BCUT2D eigenvalue weighted by Gasteiger charge is 2.27. The van der Waals surface area contributed by atoms with E-state index < -0.39 is 0 Å². The molecule has 0 atom stereocenters. The molecule has 2 N–H and O–H groups in total. The van der Waals surface area contributed by atoms with E-state index in [2.05, 4.69) is 0 Å². The number of likely N-dealkylation sites (tertiary alicyclic amines) is 1. The van der Waals surface area contributed by atoms with Gasteiger partial charge < -0.3 is 15.4 Å². The van der Waals surface area contributed by atoms with E-state index in [1.54, 1.807) is 11.8 Å². The van der Waals surface area contributed by atoms with Gasteiger partial charge in [-0.2, -0.15) is 11.8 Å². The van der Waals surface area contributed by atoms with Crippen molar-refractivity contribution in [2.75, 3.05) is 38.2 Å². The van der Waals surface area contributed by atoms with Crippen molar-refractivity contribution in [3.63, 3.8) is 0 Å². The van der Waals surface area contributed by atoms with Crippen LogP contribution in [-0.2, 0) is 14.3 Å². The van der Waals surface area contributed by atoms with Gasteiger partial charge in [0.25, 0.3) is 0 Å². The molecule has 1 aliphatic heterocycles. The van der Waals surface area contributed by atoms with Crippen LogP contribution in [0.2, 0.25) is 0 Å². The topological polar surface area (TPSA) is 72.6 Å². The maximum Gasteiger partial charge on any atom is 0.308 e. The largest absolute Gasteiger partial charge is 0.469 e. The second-order valence-corrected chi connectivity index (χ2v) is 5.12. The Morgan fingerprint density at radius 1 is 1.41 bits per heavy atom. The summed E-state index contributed by atoms with van der Waals surface area (Å²) in [6.07, 6.45) is 1.42. The van der Waals surface area contributed by atoms with Gasteiger partial charge in [-0.25, -0.2) is 0 Å². The van der Waals surface area contributed by atoms with Gasteiger partial charge in [0.2, 0.25) is 5.91 Å². The van der Waals surface area contributed by atoms with Gasteiger partial charge in [-0.05, 0) is 12.8 Å². The molecule has 1 amide bonds. The van der Waals surface area contributed by atoms with Crippen LogP contribution in [-0.4, -0.2) is 55.0 Å². The summed E-state index contributed by atoms with van der Waals surface area (Å²) in [5.74, 6) is 1.24. The van der Waals surface area contributed by atoms with Crippen molar-refractivity contribution in [2.45, 2.75) is 12.8 Å². The van der Waals surface area contributed by atoms with Crippen molar-refractivity contribution < 1.29 is 14.3 Å². The van der Waals surface area contributed by atoms with Gasteiger partial charge in [0.1, 0.15) is 0 Å². The number of hydrogen-bond donors (Lipinski definition) is 1.